The zero-order valence-corrected chi connectivity index (χ0v) is 5.83. The smallest absolute Gasteiger partial charge is 0.113 e. The molecule has 1 aromatic rings. The van der Waals surface area contributed by atoms with Crippen molar-refractivity contribution in [2.45, 2.75) is 6.42 Å². The minimum Gasteiger partial charge on any atom is -0.330 e. The fourth-order valence-corrected chi connectivity index (χ4v) is 0.833. The first-order chi connectivity index (χ1) is 4.88. The van der Waals surface area contributed by atoms with Crippen molar-refractivity contribution in [3.63, 3.8) is 0 Å². The SMILES string of the molecule is C=Cn1ccnc1CCN. The van der Waals surface area contributed by atoms with Gasteiger partial charge in [0.05, 0.1) is 0 Å². The highest BCUT2D eigenvalue weighted by Gasteiger charge is 1.95. The van der Waals surface area contributed by atoms with Crippen LogP contribution in [0.2, 0.25) is 0 Å². The topological polar surface area (TPSA) is 43.8 Å². The van der Waals surface area contributed by atoms with Crippen LogP contribution in [-0.2, 0) is 6.42 Å². The third kappa shape index (κ3) is 1.25. The number of hydrogen-bond donors (Lipinski definition) is 1. The Kier molecular flexibility index (Phi) is 2.23. The van der Waals surface area contributed by atoms with E-state index in [0.717, 1.165) is 12.2 Å². The van der Waals surface area contributed by atoms with E-state index >= 15 is 0 Å². The monoisotopic (exact) mass is 137 g/mol. The molecule has 1 heterocycles. The number of nitrogens with two attached hydrogens (primary N) is 1. The summed E-state index contributed by atoms with van der Waals surface area (Å²) in [7, 11) is 0. The zero-order chi connectivity index (χ0) is 7.40. The second-order valence-electron chi connectivity index (χ2n) is 1.97. The summed E-state index contributed by atoms with van der Waals surface area (Å²) < 4.78 is 1.87. The minimum atomic E-state index is 0.630. The van der Waals surface area contributed by atoms with Gasteiger partial charge in [-0.3, -0.25) is 0 Å². The third-order valence-electron chi connectivity index (χ3n) is 1.31. The molecule has 0 saturated heterocycles. The van der Waals surface area contributed by atoms with E-state index in [1.807, 2.05) is 10.8 Å². The maximum atomic E-state index is 5.36. The van der Waals surface area contributed by atoms with Gasteiger partial charge in [0.1, 0.15) is 5.82 Å². The van der Waals surface area contributed by atoms with Crippen LogP contribution in [0.4, 0.5) is 0 Å². The van der Waals surface area contributed by atoms with Crippen LogP contribution in [0.5, 0.6) is 0 Å². The third-order valence-corrected chi connectivity index (χ3v) is 1.31. The molecule has 0 atom stereocenters. The minimum absolute atomic E-state index is 0.630. The Morgan fingerprint density at radius 3 is 3.20 bits per heavy atom. The molecular weight excluding hydrogens is 126 g/mol. The Morgan fingerprint density at radius 2 is 2.60 bits per heavy atom. The quantitative estimate of drug-likeness (QED) is 0.658. The van der Waals surface area contributed by atoms with Gasteiger partial charge in [-0.1, -0.05) is 6.58 Å². The molecule has 0 radical (unpaired) electrons. The highest BCUT2D eigenvalue weighted by molar-refractivity contribution is 5.19. The van der Waals surface area contributed by atoms with E-state index in [-0.39, 0.29) is 0 Å². The van der Waals surface area contributed by atoms with Gasteiger partial charge in [0.2, 0.25) is 0 Å². The maximum absolute atomic E-state index is 5.36. The first kappa shape index (κ1) is 7.02. The highest BCUT2D eigenvalue weighted by atomic mass is 15.0. The molecule has 54 valence electrons. The summed E-state index contributed by atoms with van der Waals surface area (Å²) in [4.78, 5) is 4.09. The lowest BCUT2D eigenvalue weighted by atomic mass is 10.4. The lowest BCUT2D eigenvalue weighted by Crippen LogP contribution is -2.06. The summed E-state index contributed by atoms with van der Waals surface area (Å²) >= 11 is 0. The summed E-state index contributed by atoms with van der Waals surface area (Å²) in [5.74, 6) is 0.970. The number of rotatable bonds is 3. The average molecular weight is 137 g/mol. The highest BCUT2D eigenvalue weighted by Crippen LogP contribution is 1.96. The molecule has 0 bridgehead atoms. The van der Waals surface area contributed by atoms with Crippen molar-refractivity contribution in [3.8, 4) is 0 Å². The molecule has 3 heteroatoms. The van der Waals surface area contributed by atoms with Gasteiger partial charge in [-0.25, -0.2) is 4.98 Å². The van der Waals surface area contributed by atoms with E-state index in [4.69, 9.17) is 5.73 Å². The molecule has 3 nitrogen and oxygen atoms in total. The van der Waals surface area contributed by atoms with Crippen molar-refractivity contribution in [2.24, 2.45) is 5.73 Å². The predicted octanol–water partition coefficient (Wildman–Crippen LogP) is 0.485. The molecule has 0 unspecified atom stereocenters. The number of imidazole rings is 1. The normalized spacial score (nSPS) is 9.70. The molecule has 2 N–H and O–H groups in total. The van der Waals surface area contributed by atoms with E-state index in [1.54, 1.807) is 12.4 Å². The van der Waals surface area contributed by atoms with Crippen LogP contribution in [0.15, 0.2) is 19.0 Å². The van der Waals surface area contributed by atoms with Gasteiger partial charge < -0.3 is 10.3 Å². The van der Waals surface area contributed by atoms with Gasteiger partial charge in [-0.2, -0.15) is 0 Å². The van der Waals surface area contributed by atoms with Gasteiger partial charge in [0.15, 0.2) is 0 Å². The molecule has 0 spiro atoms. The van der Waals surface area contributed by atoms with Crippen molar-refractivity contribution >= 4 is 6.20 Å². The average Bonchev–Trinajstić information content (AvgIpc) is 2.36. The summed E-state index contributed by atoms with van der Waals surface area (Å²) in [6.07, 6.45) is 6.13. The van der Waals surface area contributed by atoms with E-state index < -0.39 is 0 Å². The molecule has 0 saturated carbocycles. The largest absolute Gasteiger partial charge is 0.330 e. The van der Waals surface area contributed by atoms with Crippen LogP contribution in [0.3, 0.4) is 0 Å². The second-order valence-corrected chi connectivity index (χ2v) is 1.97. The second kappa shape index (κ2) is 3.17. The number of aromatic nitrogens is 2. The van der Waals surface area contributed by atoms with Crippen molar-refractivity contribution in [2.75, 3.05) is 6.54 Å². The Labute approximate surface area is 60.2 Å². The Balaban J connectivity index is 2.79. The molecule has 0 aliphatic rings. The van der Waals surface area contributed by atoms with Crippen LogP contribution < -0.4 is 5.73 Å². The van der Waals surface area contributed by atoms with Crippen LogP contribution in [0.25, 0.3) is 6.20 Å². The van der Waals surface area contributed by atoms with Crippen LogP contribution >= 0.6 is 0 Å². The van der Waals surface area contributed by atoms with Crippen molar-refractivity contribution in [1.29, 1.82) is 0 Å². The van der Waals surface area contributed by atoms with Gasteiger partial charge in [0, 0.05) is 25.0 Å². The first-order valence-electron chi connectivity index (χ1n) is 3.23. The molecule has 0 fully saturated rings. The number of nitrogens with zero attached hydrogens (tertiary/aromatic N) is 2. The van der Waals surface area contributed by atoms with Gasteiger partial charge in [-0.15, -0.1) is 0 Å². The van der Waals surface area contributed by atoms with E-state index in [9.17, 15) is 0 Å². The zero-order valence-electron chi connectivity index (χ0n) is 5.83. The molecule has 1 rings (SSSR count). The summed E-state index contributed by atoms with van der Waals surface area (Å²) in [5.41, 5.74) is 5.36. The summed E-state index contributed by atoms with van der Waals surface area (Å²) in [5, 5.41) is 0. The molecule has 0 aliphatic carbocycles. The van der Waals surface area contributed by atoms with Gasteiger partial charge in [0.25, 0.3) is 0 Å². The van der Waals surface area contributed by atoms with Crippen molar-refractivity contribution < 1.29 is 0 Å². The van der Waals surface area contributed by atoms with Crippen molar-refractivity contribution in [3.05, 3.63) is 24.8 Å². The fourth-order valence-electron chi connectivity index (χ4n) is 0.833. The Bertz CT molecular complexity index is 214. The maximum Gasteiger partial charge on any atom is 0.113 e. The Morgan fingerprint density at radius 1 is 1.80 bits per heavy atom. The Hall–Kier alpha value is -1.09. The van der Waals surface area contributed by atoms with E-state index in [1.165, 1.54) is 0 Å². The van der Waals surface area contributed by atoms with Crippen LogP contribution in [0.1, 0.15) is 5.82 Å². The summed E-state index contributed by atoms with van der Waals surface area (Å²) in [6, 6.07) is 0. The van der Waals surface area contributed by atoms with Crippen molar-refractivity contribution in [1.82, 2.24) is 9.55 Å². The number of hydrogen-bond acceptors (Lipinski definition) is 2. The standard InChI is InChI=1S/C7H11N3/c1-2-10-6-5-9-7(10)3-4-8/h2,5-6H,1,3-4,8H2. The van der Waals surface area contributed by atoms with Gasteiger partial charge in [-0.05, 0) is 6.54 Å². The molecule has 0 aliphatic heterocycles. The van der Waals surface area contributed by atoms with E-state index in [0.29, 0.717) is 6.54 Å². The molecule has 0 amide bonds. The molecule has 10 heavy (non-hydrogen) atoms. The molecule has 0 aromatic carbocycles. The summed E-state index contributed by atoms with van der Waals surface area (Å²) in [6.45, 7) is 4.26. The first-order valence-corrected chi connectivity index (χ1v) is 3.23. The van der Waals surface area contributed by atoms with E-state index in [2.05, 4.69) is 11.6 Å². The fraction of sp³-hybridized carbons (Fsp3) is 0.286. The van der Waals surface area contributed by atoms with Gasteiger partial charge >= 0.3 is 0 Å². The van der Waals surface area contributed by atoms with Crippen LogP contribution in [-0.4, -0.2) is 16.1 Å². The molecular formula is C7H11N3. The lowest BCUT2D eigenvalue weighted by Gasteiger charge is -1.97. The lowest BCUT2D eigenvalue weighted by molar-refractivity contribution is 0.857. The molecule has 1 aromatic heterocycles. The predicted molar refractivity (Wildman–Crippen MR) is 41.4 cm³/mol. The van der Waals surface area contributed by atoms with Crippen LogP contribution in [0, 0.1) is 0 Å².